The van der Waals surface area contributed by atoms with Crippen LogP contribution in [0.25, 0.3) is 21.3 Å². The van der Waals surface area contributed by atoms with Crippen molar-refractivity contribution in [3.8, 4) is 11.1 Å². The lowest BCUT2D eigenvalue weighted by molar-refractivity contribution is -0.245. The molecule has 5 aromatic carbocycles. The number of amides is 2. The number of benzene rings is 5. The number of carbonyl (C=O) groups is 2. The predicted octanol–water partition coefficient (Wildman–Crippen LogP) is 8.59. The van der Waals surface area contributed by atoms with Crippen molar-refractivity contribution in [2.24, 2.45) is 0 Å². The summed E-state index contributed by atoms with van der Waals surface area (Å²) in [5, 5.41) is 9.58. The second kappa shape index (κ2) is 13.7. The fraction of sp³-hybridized carbons (Fsp3) is 0.175. The molecule has 0 bridgehead atoms. The van der Waals surface area contributed by atoms with Crippen LogP contribution in [0, 0.1) is 0 Å². The van der Waals surface area contributed by atoms with Gasteiger partial charge >= 0.3 is 0 Å². The number of imide groups is 1. The molecule has 2 amide bonds. The van der Waals surface area contributed by atoms with Crippen molar-refractivity contribution in [2.45, 2.75) is 42.4 Å². The summed E-state index contributed by atoms with van der Waals surface area (Å²) in [7, 11) is 0. The van der Waals surface area contributed by atoms with Crippen LogP contribution in [0.1, 0.15) is 61.8 Å². The van der Waals surface area contributed by atoms with E-state index in [1.54, 1.807) is 47.4 Å². The van der Waals surface area contributed by atoms with Crippen LogP contribution >= 0.6 is 23.1 Å². The van der Waals surface area contributed by atoms with Crippen LogP contribution in [0.5, 0.6) is 0 Å². The van der Waals surface area contributed by atoms with E-state index >= 15 is 0 Å². The molecule has 1 saturated heterocycles. The third kappa shape index (κ3) is 6.56. The van der Waals surface area contributed by atoms with E-state index in [-0.39, 0.29) is 37.2 Å². The van der Waals surface area contributed by atoms with E-state index < -0.39 is 6.29 Å². The van der Waals surface area contributed by atoms with E-state index in [1.165, 1.54) is 9.60 Å². The van der Waals surface area contributed by atoms with Gasteiger partial charge in [-0.25, -0.2) is 4.98 Å². The first-order valence-electron chi connectivity index (χ1n) is 16.2. The van der Waals surface area contributed by atoms with Crippen molar-refractivity contribution >= 4 is 45.1 Å². The smallest absolute Gasteiger partial charge is 0.261 e. The molecule has 6 aromatic rings. The molecule has 9 heteroatoms. The van der Waals surface area contributed by atoms with Gasteiger partial charge in [0.25, 0.3) is 11.8 Å². The number of aliphatic hydroxyl groups excluding tert-OH is 1. The first kappa shape index (κ1) is 31.6. The van der Waals surface area contributed by atoms with Crippen molar-refractivity contribution in [1.82, 2.24) is 9.88 Å². The Hall–Kier alpha value is -4.64. The van der Waals surface area contributed by atoms with Gasteiger partial charge in [0, 0.05) is 17.7 Å². The lowest BCUT2D eigenvalue weighted by atomic mass is 9.99. The Labute approximate surface area is 292 Å². The maximum absolute atomic E-state index is 13.0. The number of aromatic nitrogens is 1. The molecule has 0 saturated carbocycles. The number of thioether (sulfide) groups is 1. The zero-order valence-corrected chi connectivity index (χ0v) is 28.0. The topological polar surface area (TPSA) is 89.0 Å². The summed E-state index contributed by atoms with van der Waals surface area (Å²) < 4.78 is 15.4. The van der Waals surface area contributed by atoms with E-state index in [9.17, 15) is 14.7 Å². The van der Waals surface area contributed by atoms with Gasteiger partial charge < -0.3 is 14.6 Å². The molecule has 7 nitrogen and oxygen atoms in total. The van der Waals surface area contributed by atoms with Gasteiger partial charge in [-0.1, -0.05) is 96.7 Å². The number of ether oxygens (including phenoxy) is 2. The lowest BCUT2D eigenvalue weighted by Crippen LogP contribution is -2.31. The second-order valence-corrected chi connectivity index (χ2v) is 14.5. The highest BCUT2D eigenvalue weighted by Gasteiger charge is 2.35. The van der Waals surface area contributed by atoms with Crippen LogP contribution in [-0.4, -0.2) is 38.7 Å². The summed E-state index contributed by atoms with van der Waals surface area (Å²) in [6, 6.07) is 39.1. The number of thiazole rings is 1. The molecule has 2 aliphatic heterocycles. The number of hydrogen-bond donors (Lipinski definition) is 1. The van der Waals surface area contributed by atoms with E-state index in [4.69, 9.17) is 14.5 Å². The van der Waals surface area contributed by atoms with E-state index in [2.05, 4.69) is 12.1 Å². The third-order valence-electron chi connectivity index (χ3n) is 8.92. The molecule has 49 heavy (non-hydrogen) atoms. The van der Waals surface area contributed by atoms with Gasteiger partial charge in [0.15, 0.2) is 10.6 Å². The summed E-state index contributed by atoms with van der Waals surface area (Å²) in [6.45, 7) is 0.185. The molecule has 0 spiro atoms. The van der Waals surface area contributed by atoms with Crippen molar-refractivity contribution in [2.75, 3.05) is 5.75 Å². The Kier molecular flexibility index (Phi) is 8.84. The van der Waals surface area contributed by atoms with Gasteiger partial charge in [-0.3, -0.25) is 14.5 Å². The minimum absolute atomic E-state index is 0.00867. The van der Waals surface area contributed by atoms with Crippen molar-refractivity contribution in [3.63, 3.8) is 0 Å². The number of rotatable bonds is 9. The first-order valence-corrected chi connectivity index (χ1v) is 18.0. The zero-order chi connectivity index (χ0) is 33.3. The molecule has 1 N–H and O–H groups in total. The fourth-order valence-corrected chi connectivity index (χ4v) is 8.49. The largest absolute Gasteiger partial charge is 0.392 e. The summed E-state index contributed by atoms with van der Waals surface area (Å²) in [5.74, 6) is 0.191. The molecular weight excluding hydrogens is 653 g/mol. The molecule has 2 aliphatic rings. The van der Waals surface area contributed by atoms with E-state index in [1.807, 2.05) is 84.9 Å². The number of carbonyl (C=O) groups excluding carboxylic acids is 2. The van der Waals surface area contributed by atoms with Crippen LogP contribution in [0.2, 0.25) is 0 Å². The van der Waals surface area contributed by atoms with Gasteiger partial charge in [0.1, 0.15) is 0 Å². The van der Waals surface area contributed by atoms with Gasteiger partial charge in [-0.15, -0.1) is 11.3 Å². The molecule has 0 aliphatic carbocycles. The Bertz CT molecular complexity index is 2100. The second-order valence-electron chi connectivity index (χ2n) is 12.2. The predicted molar refractivity (Wildman–Crippen MR) is 191 cm³/mol. The minimum atomic E-state index is -0.598. The van der Waals surface area contributed by atoms with Gasteiger partial charge in [-0.05, 0) is 64.2 Å². The lowest BCUT2D eigenvalue weighted by Gasteiger charge is -2.36. The van der Waals surface area contributed by atoms with Crippen LogP contribution < -0.4 is 0 Å². The van der Waals surface area contributed by atoms with E-state index in [0.717, 1.165) is 49.0 Å². The molecule has 3 unspecified atom stereocenters. The molecule has 8 rings (SSSR count). The normalized spacial score (nSPS) is 19.0. The SMILES string of the molecule is O=C1c2ccccc2C(=O)N1Cc1cccc(-c2cccc(C3OC(CSc4nc5ccccc5s4)CC(c4ccc(CO)cc4)O3)c2)c1. The number of hydrogen-bond acceptors (Lipinski definition) is 8. The highest BCUT2D eigenvalue weighted by molar-refractivity contribution is 8.01. The average Bonchev–Trinajstić information content (AvgIpc) is 3.68. The molecule has 0 radical (unpaired) electrons. The molecule has 3 heterocycles. The minimum Gasteiger partial charge on any atom is -0.392 e. The Morgan fingerprint density at radius 2 is 1.47 bits per heavy atom. The maximum Gasteiger partial charge on any atom is 0.261 e. The van der Waals surface area contributed by atoms with Crippen LogP contribution in [0.15, 0.2) is 126 Å². The van der Waals surface area contributed by atoms with Crippen molar-refractivity contribution in [1.29, 1.82) is 0 Å². The van der Waals surface area contributed by atoms with E-state index in [0.29, 0.717) is 17.5 Å². The standard InChI is InChI=1S/C40H32N2O5S2/c43-23-25-15-17-27(18-16-25)35-21-31(24-48-40-41-34-13-3-4-14-36(34)49-40)46-39(47-35)30-10-6-9-29(20-30)28-8-5-7-26(19-28)22-42-37(44)32-11-1-2-12-33(32)38(42)45/h1-20,31,35,39,43H,21-24H2. The fourth-order valence-electron chi connectivity index (χ4n) is 6.38. The van der Waals surface area contributed by atoms with Gasteiger partial charge in [-0.2, -0.15) is 0 Å². The van der Waals surface area contributed by atoms with Crippen LogP contribution in [0.4, 0.5) is 0 Å². The molecule has 244 valence electrons. The van der Waals surface area contributed by atoms with Crippen molar-refractivity contribution < 1.29 is 24.2 Å². The summed E-state index contributed by atoms with van der Waals surface area (Å²) >= 11 is 3.40. The first-order chi connectivity index (χ1) is 24.0. The molecule has 1 fully saturated rings. The number of para-hydroxylation sites is 1. The monoisotopic (exact) mass is 684 g/mol. The summed E-state index contributed by atoms with van der Waals surface area (Å²) in [5.41, 5.74) is 7.50. The summed E-state index contributed by atoms with van der Waals surface area (Å²) in [6.07, 6.45) is -0.199. The Morgan fingerprint density at radius 3 is 2.22 bits per heavy atom. The Morgan fingerprint density at radius 1 is 0.755 bits per heavy atom. The number of fused-ring (bicyclic) bond motifs is 2. The molecular formula is C40H32N2O5S2. The molecule has 1 aromatic heterocycles. The molecule has 3 atom stereocenters. The zero-order valence-electron chi connectivity index (χ0n) is 26.4. The van der Waals surface area contributed by atoms with Crippen molar-refractivity contribution in [3.05, 3.63) is 155 Å². The third-order valence-corrected chi connectivity index (χ3v) is 11.2. The number of aliphatic hydroxyl groups is 1. The van der Waals surface area contributed by atoms with Gasteiger partial charge in [0.05, 0.1) is 46.7 Å². The maximum atomic E-state index is 13.0. The van der Waals surface area contributed by atoms with Crippen LogP contribution in [0.3, 0.4) is 0 Å². The average molecular weight is 685 g/mol. The quantitative estimate of drug-likeness (QED) is 0.121. The number of nitrogens with zero attached hydrogens (tertiary/aromatic N) is 2. The highest BCUT2D eigenvalue weighted by atomic mass is 32.2. The Balaban J connectivity index is 1.03. The van der Waals surface area contributed by atoms with Crippen LogP contribution in [-0.2, 0) is 22.6 Å². The van der Waals surface area contributed by atoms with Gasteiger partial charge in [0.2, 0.25) is 0 Å². The highest BCUT2D eigenvalue weighted by Crippen LogP contribution is 2.41. The summed E-state index contributed by atoms with van der Waals surface area (Å²) in [4.78, 5) is 32.1.